The molecule has 0 bridgehead atoms. The van der Waals surface area contributed by atoms with E-state index in [-0.39, 0.29) is 16.6 Å². The fourth-order valence-corrected chi connectivity index (χ4v) is 4.13. The third-order valence-electron chi connectivity index (χ3n) is 3.78. The lowest BCUT2D eigenvalue weighted by Crippen LogP contribution is -2.49. The molecule has 23 heavy (non-hydrogen) atoms. The Balaban J connectivity index is 1.76. The van der Waals surface area contributed by atoms with Gasteiger partial charge in [0.2, 0.25) is 0 Å². The number of H-pyrrole nitrogens is 1. The van der Waals surface area contributed by atoms with Crippen molar-refractivity contribution in [1.29, 1.82) is 0 Å². The number of rotatable bonds is 4. The summed E-state index contributed by atoms with van der Waals surface area (Å²) in [6.45, 7) is 1.07. The van der Waals surface area contributed by atoms with Crippen LogP contribution in [0.3, 0.4) is 0 Å². The zero-order valence-corrected chi connectivity index (χ0v) is 13.5. The molecule has 3 rings (SSSR count). The Morgan fingerprint density at radius 3 is 2.91 bits per heavy atom. The average Bonchev–Trinajstić information content (AvgIpc) is 2.95. The van der Waals surface area contributed by atoms with Gasteiger partial charge in [-0.05, 0) is 18.9 Å². The van der Waals surface area contributed by atoms with Crippen molar-refractivity contribution in [1.82, 2.24) is 24.5 Å². The number of piperidine rings is 1. The standard InChI is InChI=1S/C13H18N6O3S/c1-18-11(4-5-16-18)23(21,22)17-10-3-2-8-19(9-10)12-13(20)15-7-6-14-12/h4-7,10,17H,2-3,8-9H2,1H3,(H,15,20). The molecular formula is C13H18N6O3S. The number of hydrogen-bond acceptors (Lipinski definition) is 6. The van der Waals surface area contributed by atoms with E-state index < -0.39 is 10.0 Å². The van der Waals surface area contributed by atoms with E-state index in [4.69, 9.17) is 0 Å². The Bertz CT molecular complexity index is 843. The first-order valence-electron chi connectivity index (χ1n) is 7.26. The van der Waals surface area contributed by atoms with Crippen molar-refractivity contribution in [3.05, 3.63) is 35.0 Å². The van der Waals surface area contributed by atoms with Crippen LogP contribution in [0.2, 0.25) is 0 Å². The van der Waals surface area contributed by atoms with Crippen LogP contribution in [0.15, 0.2) is 34.5 Å². The quantitative estimate of drug-likeness (QED) is 0.773. The second-order valence-electron chi connectivity index (χ2n) is 5.44. The zero-order valence-electron chi connectivity index (χ0n) is 12.6. The minimum Gasteiger partial charge on any atom is -0.350 e. The molecule has 0 aromatic carbocycles. The van der Waals surface area contributed by atoms with E-state index in [1.165, 1.54) is 29.3 Å². The maximum Gasteiger partial charge on any atom is 0.290 e. The molecule has 0 spiro atoms. The summed E-state index contributed by atoms with van der Waals surface area (Å²) in [5.74, 6) is 0.317. The molecule has 2 aromatic heterocycles. The Morgan fingerprint density at radius 2 is 2.22 bits per heavy atom. The van der Waals surface area contributed by atoms with Gasteiger partial charge >= 0.3 is 0 Å². The lowest BCUT2D eigenvalue weighted by molar-refractivity contribution is 0.460. The summed E-state index contributed by atoms with van der Waals surface area (Å²) in [7, 11) is -2.07. The van der Waals surface area contributed by atoms with Gasteiger partial charge in [-0.2, -0.15) is 5.10 Å². The molecule has 0 radical (unpaired) electrons. The van der Waals surface area contributed by atoms with Crippen molar-refractivity contribution >= 4 is 15.8 Å². The van der Waals surface area contributed by atoms with E-state index in [0.717, 1.165) is 6.42 Å². The van der Waals surface area contributed by atoms with Gasteiger partial charge in [0.25, 0.3) is 15.6 Å². The van der Waals surface area contributed by atoms with Crippen LogP contribution in [0.5, 0.6) is 0 Å². The highest BCUT2D eigenvalue weighted by molar-refractivity contribution is 7.89. The molecule has 1 unspecified atom stereocenters. The zero-order chi connectivity index (χ0) is 16.4. The highest BCUT2D eigenvalue weighted by Gasteiger charge is 2.28. The van der Waals surface area contributed by atoms with Crippen molar-refractivity contribution in [3.8, 4) is 0 Å². The molecule has 124 valence electrons. The maximum absolute atomic E-state index is 12.4. The molecule has 1 aliphatic heterocycles. The van der Waals surface area contributed by atoms with Crippen LogP contribution in [0, 0.1) is 0 Å². The van der Waals surface area contributed by atoms with Crippen LogP contribution < -0.4 is 15.2 Å². The smallest absolute Gasteiger partial charge is 0.290 e. The predicted molar refractivity (Wildman–Crippen MR) is 83.6 cm³/mol. The van der Waals surface area contributed by atoms with Gasteiger partial charge in [-0.15, -0.1) is 0 Å². The van der Waals surface area contributed by atoms with Gasteiger partial charge in [-0.1, -0.05) is 0 Å². The van der Waals surface area contributed by atoms with Crippen LogP contribution in [0.4, 0.5) is 5.82 Å². The lowest BCUT2D eigenvalue weighted by atomic mass is 10.1. The molecule has 2 N–H and O–H groups in total. The summed E-state index contributed by atoms with van der Waals surface area (Å²) in [6, 6.07) is 1.16. The van der Waals surface area contributed by atoms with Gasteiger partial charge in [-0.25, -0.2) is 18.1 Å². The van der Waals surface area contributed by atoms with Crippen LogP contribution >= 0.6 is 0 Å². The molecule has 1 aliphatic rings. The normalized spacial score (nSPS) is 19.0. The lowest BCUT2D eigenvalue weighted by Gasteiger charge is -2.33. The number of aryl methyl sites for hydroxylation is 1. The molecule has 3 heterocycles. The topological polar surface area (TPSA) is 113 Å². The first kappa shape index (κ1) is 15.7. The van der Waals surface area contributed by atoms with E-state index in [0.29, 0.717) is 25.3 Å². The summed E-state index contributed by atoms with van der Waals surface area (Å²) >= 11 is 0. The first-order valence-corrected chi connectivity index (χ1v) is 8.74. The highest BCUT2D eigenvalue weighted by Crippen LogP contribution is 2.16. The number of aromatic nitrogens is 4. The van der Waals surface area contributed by atoms with E-state index in [9.17, 15) is 13.2 Å². The van der Waals surface area contributed by atoms with Crippen molar-refractivity contribution in [3.63, 3.8) is 0 Å². The second-order valence-corrected chi connectivity index (χ2v) is 7.10. The maximum atomic E-state index is 12.4. The van der Waals surface area contributed by atoms with Crippen LogP contribution in [0.1, 0.15) is 12.8 Å². The third kappa shape index (κ3) is 3.27. The number of anilines is 1. The first-order chi connectivity index (χ1) is 11.0. The monoisotopic (exact) mass is 338 g/mol. The Labute approximate surface area is 133 Å². The van der Waals surface area contributed by atoms with Crippen molar-refractivity contribution in [2.45, 2.75) is 23.9 Å². The van der Waals surface area contributed by atoms with Crippen molar-refractivity contribution in [2.75, 3.05) is 18.0 Å². The molecule has 0 saturated carbocycles. The fourth-order valence-electron chi connectivity index (χ4n) is 2.74. The SMILES string of the molecule is Cn1nccc1S(=O)(=O)NC1CCCN(c2ncc[nH]c2=O)C1. The average molecular weight is 338 g/mol. The van der Waals surface area contributed by atoms with Gasteiger partial charge in [0.1, 0.15) is 0 Å². The number of aromatic amines is 1. The van der Waals surface area contributed by atoms with Crippen molar-refractivity contribution < 1.29 is 8.42 Å². The summed E-state index contributed by atoms with van der Waals surface area (Å²) < 4.78 is 28.8. The largest absolute Gasteiger partial charge is 0.350 e. The predicted octanol–water partition coefficient (Wildman–Crippen LogP) is -0.549. The molecule has 1 fully saturated rings. The molecule has 0 aliphatic carbocycles. The molecule has 0 amide bonds. The number of nitrogens with zero attached hydrogens (tertiary/aromatic N) is 4. The summed E-state index contributed by atoms with van der Waals surface area (Å²) in [6.07, 6.45) is 5.90. The van der Waals surface area contributed by atoms with Crippen LogP contribution in [-0.4, -0.2) is 47.3 Å². The number of hydrogen-bond donors (Lipinski definition) is 2. The Kier molecular flexibility index (Phi) is 4.18. The van der Waals surface area contributed by atoms with Gasteiger partial charge in [0.15, 0.2) is 10.8 Å². The van der Waals surface area contributed by atoms with E-state index in [1.807, 2.05) is 0 Å². The molecule has 2 aromatic rings. The fraction of sp³-hybridized carbons (Fsp3) is 0.462. The second kappa shape index (κ2) is 6.13. The third-order valence-corrected chi connectivity index (χ3v) is 5.38. The minimum atomic E-state index is -3.65. The van der Waals surface area contributed by atoms with Crippen LogP contribution in [-0.2, 0) is 17.1 Å². The molecule has 10 heteroatoms. The van der Waals surface area contributed by atoms with Crippen LogP contribution in [0.25, 0.3) is 0 Å². The number of sulfonamides is 1. The van der Waals surface area contributed by atoms with Gasteiger partial charge in [0.05, 0.1) is 6.20 Å². The molecule has 9 nitrogen and oxygen atoms in total. The Morgan fingerprint density at radius 1 is 1.39 bits per heavy atom. The van der Waals surface area contributed by atoms with Gasteiger partial charge < -0.3 is 9.88 Å². The summed E-state index contributed by atoms with van der Waals surface area (Å²) in [5, 5.41) is 4.00. The van der Waals surface area contributed by atoms with Gasteiger partial charge in [0, 0.05) is 38.6 Å². The van der Waals surface area contributed by atoms with Gasteiger partial charge in [-0.3, -0.25) is 9.48 Å². The molecule has 1 atom stereocenters. The molecule has 1 saturated heterocycles. The van der Waals surface area contributed by atoms with E-state index >= 15 is 0 Å². The van der Waals surface area contributed by atoms with E-state index in [2.05, 4.69) is 19.8 Å². The Hall–Kier alpha value is -2.20. The van der Waals surface area contributed by atoms with Crippen molar-refractivity contribution in [2.24, 2.45) is 7.05 Å². The number of nitrogens with one attached hydrogen (secondary N) is 2. The summed E-state index contributed by atoms with van der Waals surface area (Å²) in [5.41, 5.74) is -0.275. The highest BCUT2D eigenvalue weighted by atomic mass is 32.2. The van der Waals surface area contributed by atoms with E-state index in [1.54, 1.807) is 11.9 Å². The minimum absolute atomic E-state index is 0.116. The molecular weight excluding hydrogens is 320 g/mol. The summed E-state index contributed by atoms with van der Waals surface area (Å²) in [4.78, 5) is 20.3.